The van der Waals surface area contributed by atoms with Crippen LogP contribution in [0.2, 0.25) is 0 Å². The molecule has 0 spiro atoms. The highest BCUT2D eigenvalue weighted by Crippen LogP contribution is 2.24. The van der Waals surface area contributed by atoms with Crippen LogP contribution in [0.5, 0.6) is 0 Å². The van der Waals surface area contributed by atoms with Gasteiger partial charge in [-0.25, -0.2) is 0 Å². The Bertz CT molecular complexity index is 564. The fraction of sp³-hybridized carbons (Fsp3) is 0.333. The van der Waals surface area contributed by atoms with Gasteiger partial charge in [0.15, 0.2) is 0 Å². The van der Waals surface area contributed by atoms with E-state index in [1.807, 2.05) is 12.1 Å². The molecule has 0 radical (unpaired) electrons. The summed E-state index contributed by atoms with van der Waals surface area (Å²) in [5.74, 6) is 0. The van der Waals surface area contributed by atoms with Crippen LogP contribution in [0.25, 0.3) is 0 Å². The van der Waals surface area contributed by atoms with Gasteiger partial charge in [0.1, 0.15) is 0 Å². The normalized spacial score (nSPS) is 12.2. The van der Waals surface area contributed by atoms with Crippen molar-refractivity contribution < 1.29 is 5.11 Å². The second-order valence-electron chi connectivity index (χ2n) is 5.58. The van der Waals surface area contributed by atoms with E-state index in [4.69, 9.17) is 0 Å². The van der Waals surface area contributed by atoms with E-state index in [0.29, 0.717) is 6.54 Å². The van der Waals surface area contributed by atoms with Crippen LogP contribution in [-0.4, -0.2) is 11.7 Å². The van der Waals surface area contributed by atoms with Crippen molar-refractivity contribution in [3.05, 3.63) is 64.2 Å². The fourth-order valence-corrected chi connectivity index (χ4v) is 2.70. The van der Waals surface area contributed by atoms with Gasteiger partial charge in [-0.15, -0.1) is 0 Å². The Balaban J connectivity index is 2.09. The van der Waals surface area contributed by atoms with E-state index in [9.17, 15) is 5.11 Å². The van der Waals surface area contributed by atoms with Crippen molar-refractivity contribution in [2.24, 2.45) is 0 Å². The smallest absolute Gasteiger partial charge is 0.0967 e. The molecule has 0 aliphatic rings. The third-order valence-electron chi connectivity index (χ3n) is 3.62. The maximum absolute atomic E-state index is 10.4. The van der Waals surface area contributed by atoms with Crippen LogP contribution in [0, 0.1) is 27.7 Å². The first-order chi connectivity index (χ1) is 9.47. The minimum atomic E-state index is -0.489. The Morgan fingerprint density at radius 2 is 1.45 bits per heavy atom. The standard InChI is InChI=1S/C18H23NO/c1-12-5-7-16(8-6-12)19-11-17(20)18-14(3)9-13(2)10-15(18)4/h5-10,17,19-20H,11H2,1-4H3. The summed E-state index contributed by atoms with van der Waals surface area (Å²) >= 11 is 0. The molecule has 2 aromatic carbocycles. The molecule has 0 aliphatic carbocycles. The third-order valence-corrected chi connectivity index (χ3v) is 3.62. The number of benzene rings is 2. The molecule has 2 N–H and O–H groups in total. The van der Waals surface area contributed by atoms with Gasteiger partial charge in [0, 0.05) is 12.2 Å². The van der Waals surface area contributed by atoms with Gasteiger partial charge in [-0.3, -0.25) is 0 Å². The number of aliphatic hydroxyl groups is 1. The highest BCUT2D eigenvalue weighted by Gasteiger charge is 2.13. The van der Waals surface area contributed by atoms with Gasteiger partial charge in [-0.05, 0) is 56.5 Å². The van der Waals surface area contributed by atoms with E-state index < -0.39 is 6.10 Å². The van der Waals surface area contributed by atoms with E-state index in [-0.39, 0.29) is 0 Å². The van der Waals surface area contributed by atoms with Crippen LogP contribution < -0.4 is 5.32 Å². The largest absolute Gasteiger partial charge is 0.387 e. The highest BCUT2D eigenvalue weighted by atomic mass is 16.3. The van der Waals surface area contributed by atoms with Crippen LogP contribution in [0.15, 0.2) is 36.4 Å². The molecule has 1 unspecified atom stereocenters. The first-order valence-corrected chi connectivity index (χ1v) is 7.03. The van der Waals surface area contributed by atoms with Crippen LogP contribution in [0.3, 0.4) is 0 Å². The monoisotopic (exact) mass is 269 g/mol. The fourth-order valence-electron chi connectivity index (χ4n) is 2.70. The molecule has 0 aliphatic heterocycles. The molecule has 0 fully saturated rings. The van der Waals surface area contributed by atoms with Gasteiger partial charge < -0.3 is 10.4 Å². The average molecular weight is 269 g/mol. The van der Waals surface area contributed by atoms with E-state index in [0.717, 1.165) is 22.4 Å². The van der Waals surface area contributed by atoms with Crippen molar-refractivity contribution in [1.29, 1.82) is 0 Å². The molecular formula is C18H23NO. The van der Waals surface area contributed by atoms with Gasteiger partial charge in [0.05, 0.1) is 6.10 Å². The van der Waals surface area contributed by atoms with Gasteiger partial charge in [0.2, 0.25) is 0 Å². The second kappa shape index (κ2) is 6.10. The van der Waals surface area contributed by atoms with E-state index in [2.05, 4.69) is 57.3 Å². The zero-order valence-electron chi connectivity index (χ0n) is 12.7. The molecule has 2 rings (SSSR count). The summed E-state index contributed by atoms with van der Waals surface area (Å²) < 4.78 is 0. The number of rotatable bonds is 4. The van der Waals surface area contributed by atoms with Crippen molar-refractivity contribution in [3.8, 4) is 0 Å². The zero-order valence-corrected chi connectivity index (χ0v) is 12.7. The Kier molecular flexibility index (Phi) is 4.46. The van der Waals surface area contributed by atoms with Gasteiger partial charge in [0.25, 0.3) is 0 Å². The summed E-state index contributed by atoms with van der Waals surface area (Å²) in [7, 11) is 0. The molecule has 1 atom stereocenters. The lowest BCUT2D eigenvalue weighted by Crippen LogP contribution is -2.14. The average Bonchev–Trinajstić information content (AvgIpc) is 2.37. The molecule has 2 heteroatoms. The molecule has 20 heavy (non-hydrogen) atoms. The summed E-state index contributed by atoms with van der Waals surface area (Å²) in [6.45, 7) is 8.79. The topological polar surface area (TPSA) is 32.3 Å². The summed E-state index contributed by atoms with van der Waals surface area (Å²) in [6.07, 6.45) is -0.489. The number of anilines is 1. The van der Waals surface area contributed by atoms with E-state index in [1.54, 1.807) is 0 Å². The third kappa shape index (κ3) is 3.40. The van der Waals surface area contributed by atoms with Gasteiger partial charge in [-0.2, -0.15) is 0 Å². The minimum Gasteiger partial charge on any atom is -0.387 e. The molecule has 0 saturated carbocycles. The predicted molar refractivity (Wildman–Crippen MR) is 85.3 cm³/mol. The first-order valence-electron chi connectivity index (χ1n) is 7.03. The van der Waals surface area contributed by atoms with Crippen molar-refractivity contribution in [2.45, 2.75) is 33.8 Å². The van der Waals surface area contributed by atoms with Gasteiger partial charge in [-0.1, -0.05) is 35.4 Å². The lowest BCUT2D eigenvalue weighted by molar-refractivity contribution is 0.190. The predicted octanol–water partition coefficient (Wildman–Crippen LogP) is 4.07. The Morgan fingerprint density at radius 3 is 2.00 bits per heavy atom. The minimum absolute atomic E-state index is 0.489. The Hall–Kier alpha value is -1.80. The summed E-state index contributed by atoms with van der Waals surface area (Å²) in [5, 5.41) is 13.7. The number of nitrogens with one attached hydrogen (secondary N) is 1. The highest BCUT2D eigenvalue weighted by molar-refractivity contribution is 5.45. The van der Waals surface area contributed by atoms with E-state index >= 15 is 0 Å². The summed E-state index contributed by atoms with van der Waals surface area (Å²) in [4.78, 5) is 0. The van der Waals surface area contributed by atoms with E-state index in [1.165, 1.54) is 11.1 Å². The second-order valence-corrected chi connectivity index (χ2v) is 5.58. The van der Waals surface area contributed by atoms with Crippen molar-refractivity contribution in [3.63, 3.8) is 0 Å². The number of aryl methyl sites for hydroxylation is 4. The molecule has 0 aromatic heterocycles. The molecule has 0 saturated heterocycles. The quantitative estimate of drug-likeness (QED) is 0.877. The van der Waals surface area contributed by atoms with Crippen molar-refractivity contribution in [2.75, 3.05) is 11.9 Å². The van der Waals surface area contributed by atoms with Crippen molar-refractivity contribution >= 4 is 5.69 Å². The number of hydrogen-bond acceptors (Lipinski definition) is 2. The van der Waals surface area contributed by atoms with Crippen LogP contribution in [-0.2, 0) is 0 Å². The Labute approximate surface area is 121 Å². The molecule has 2 nitrogen and oxygen atoms in total. The van der Waals surface area contributed by atoms with Crippen LogP contribution in [0.1, 0.15) is 33.9 Å². The SMILES string of the molecule is Cc1ccc(NCC(O)c2c(C)cc(C)cc2C)cc1. The Morgan fingerprint density at radius 1 is 0.900 bits per heavy atom. The lowest BCUT2D eigenvalue weighted by Gasteiger charge is -2.18. The van der Waals surface area contributed by atoms with Crippen LogP contribution in [0.4, 0.5) is 5.69 Å². The lowest BCUT2D eigenvalue weighted by atomic mass is 9.95. The zero-order chi connectivity index (χ0) is 14.7. The maximum Gasteiger partial charge on any atom is 0.0967 e. The van der Waals surface area contributed by atoms with Crippen LogP contribution >= 0.6 is 0 Å². The number of aliphatic hydroxyl groups excluding tert-OH is 1. The molecular weight excluding hydrogens is 246 g/mol. The number of hydrogen-bond donors (Lipinski definition) is 2. The molecule has 106 valence electrons. The van der Waals surface area contributed by atoms with Gasteiger partial charge >= 0.3 is 0 Å². The molecule has 2 aromatic rings. The molecule has 0 amide bonds. The van der Waals surface area contributed by atoms with Crippen molar-refractivity contribution in [1.82, 2.24) is 0 Å². The molecule has 0 bridgehead atoms. The summed E-state index contributed by atoms with van der Waals surface area (Å²) in [6, 6.07) is 12.5. The first kappa shape index (κ1) is 14.6. The molecule has 0 heterocycles. The summed E-state index contributed by atoms with van der Waals surface area (Å²) in [5.41, 5.74) is 6.86. The maximum atomic E-state index is 10.4.